The highest BCUT2D eigenvalue weighted by molar-refractivity contribution is 8.18. The fourth-order valence-corrected chi connectivity index (χ4v) is 3.76. The molecule has 1 aliphatic rings. The molecule has 0 radical (unpaired) electrons. The molecule has 7 heteroatoms. The quantitative estimate of drug-likeness (QED) is 0.580. The summed E-state index contributed by atoms with van der Waals surface area (Å²) in [5, 5.41) is 2.43. The highest BCUT2D eigenvalue weighted by Gasteiger charge is 2.34. The molecule has 2 aromatic rings. The molecule has 31 heavy (non-hydrogen) atoms. The highest BCUT2D eigenvalue weighted by Crippen LogP contribution is 2.31. The monoisotopic (exact) mass is 438 g/mol. The summed E-state index contributed by atoms with van der Waals surface area (Å²) in [7, 11) is 0. The predicted molar refractivity (Wildman–Crippen MR) is 123 cm³/mol. The Morgan fingerprint density at radius 2 is 1.81 bits per heavy atom. The van der Waals surface area contributed by atoms with Crippen LogP contribution < -0.4 is 10.1 Å². The van der Waals surface area contributed by atoms with E-state index in [1.165, 1.54) is 0 Å². The first-order valence-electron chi connectivity index (χ1n) is 10.3. The van der Waals surface area contributed by atoms with Gasteiger partial charge in [-0.1, -0.05) is 44.2 Å². The molecule has 0 aromatic heterocycles. The first-order chi connectivity index (χ1) is 14.9. The number of amides is 3. The van der Waals surface area contributed by atoms with Crippen LogP contribution in [0.2, 0.25) is 0 Å². The fourth-order valence-electron chi connectivity index (χ4n) is 2.89. The number of hydrogen-bond acceptors (Lipinski definition) is 5. The molecular weight excluding hydrogens is 412 g/mol. The second-order valence-electron chi connectivity index (χ2n) is 7.56. The molecule has 1 saturated heterocycles. The summed E-state index contributed by atoms with van der Waals surface area (Å²) < 4.78 is 5.66. The first-order valence-corrected chi connectivity index (χ1v) is 11.1. The van der Waals surface area contributed by atoms with Gasteiger partial charge in [0.2, 0.25) is 0 Å². The maximum Gasteiger partial charge on any atom is 0.293 e. The fraction of sp³-hybridized carbons (Fsp3) is 0.292. The third-order valence-electron chi connectivity index (χ3n) is 4.67. The molecule has 6 nitrogen and oxygen atoms in total. The molecule has 1 fully saturated rings. The molecular formula is C24H26N2O4S. The van der Waals surface area contributed by atoms with E-state index in [9.17, 15) is 14.4 Å². The van der Waals surface area contributed by atoms with Crippen molar-refractivity contribution in [2.45, 2.75) is 20.3 Å². The summed E-state index contributed by atoms with van der Waals surface area (Å²) in [5.74, 6) is 0.694. The van der Waals surface area contributed by atoms with Crippen molar-refractivity contribution in [3.63, 3.8) is 0 Å². The van der Waals surface area contributed by atoms with Crippen molar-refractivity contribution in [2.24, 2.45) is 5.92 Å². The van der Waals surface area contributed by atoms with Crippen LogP contribution in [-0.2, 0) is 4.79 Å². The zero-order valence-corrected chi connectivity index (χ0v) is 18.5. The molecule has 0 atom stereocenters. The van der Waals surface area contributed by atoms with Gasteiger partial charge in [-0.05, 0) is 60.0 Å². The molecule has 1 aliphatic heterocycles. The Labute approximate surface area is 186 Å². The molecule has 0 unspecified atom stereocenters. The van der Waals surface area contributed by atoms with Crippen LogP contribution in [-0.4, -0.2) is 41.6 Å². The molecule has 0 saturated carbocycles. The maximum absolute atomic E-state index is 12.5. The van der Waals surface area contributed by atoms with Crippen molar-refractivity contribution in [1.82, 2.24) is 10.2 Å². The number of imide groups is 1. The van der Waals surface area contributed by atoms with E-state index in [2.05, 4.69) is 19.2 Å². The number of benzene rings is 2. The minimum atomic E-state index is -0.337. The lowest BCUT2D eigenvalue weighted by Gasteiger charge is -2.13. The molecule has 1 N–H and O–H groups in total. The van der Waals surface area contributed by atoms with Crippen molar-refractivity contribution < 1.29 is 19.1 Å². The Hall–Kier alpha value is -3.06. The zero-order valence-electron chi connectivity index (χ0n) is 17.7. The zero-order chi connectivity index (χ0) is 22.2. The van der Waals surface area contributed by atoms with Crippen molar-refractivity contribution in [3.8, 4) is 5.75 Å². The summed E-state index contributed by atoms with van der Waals surface area (Å²) in [6, 6.07) is 16.3. The van der Waals surface area contributed by atoms with E-state index in [1.54, 1.807) is 30.3 Å². The minimum Gasteiger partial charge on any atom is -0.494 e. The van der Waals surface area contributed by atoms with Crippen molar-refractivity contribution in [2.75, 3.05) is 19.7 Å². The van der Waals surface area contributed by atoms with Crippen LogP contribution in [0.5, 0.6) is 5.75 Å². The van der Waals surface area contributed by atoms with Crippen molar-refractivity contribution in [3.05, 3.63) is 70.6 Å². The number of thioether (sulfide) groups is 1. The molecule has 1 heterocycles. The largest absolute Gasteiger partial charge is 0.494 e. The van der Waals surface area contributed by atoms with Crippen molar-refractivity contribution in [1.29, 1.82) is 0 Å². The van der Waals surface area contributed by atoms with Gasteiger partial charge >= 0.3 is 0 Å². The number of rotatable bonds is 9. The lowest BCUT2D eigenvalue weighted by molar-refractivity contribution is -0.122. The minimum absolute atomic E-state index is 0.124. The lowest BCUT2D eigenvalue weighted by atomic mass is 10.1. The Morgan fingerprint density at radius 3 is 2.48 bits per heavy atom. The second kappa shape index (κ2) is 10.8. The predicted octanol–water partition coefficient (Wildman–Crippen LogP) is 4.58. The molecule has 2 aromatic carbocycles. The van der Waals surface area contributed by atoms with Gasteiger partial charge in [0, 0.05) is 18.7 Å². The van der Waals surface area contributed by atoms with Crippen LogP contribution in [0.15, 0.2) is 59.5 Å². The number of ether oxygens (including phenoxy) is 1. The summed E-state index contributed by atoms with van der Waals surface area (Å²) in [6.45, 7) is 5.22. The number of carbonyl (C=O) groups excluding carboxylic acids is 3. The molecule has 3 rings (SSSR count). The summed E-state index contributed by atoms with van der Waals surface area (Å²) >= 11 is 0.913. The number of hydrogen-bond donors (Lipinski definition) is 1. The first kappa shape index (κ1) is 22.6. The van der Waals surface area contributed by atoms with Crippen LogP contribution >= 0.6 is 11.8 Å². The van der Waals surface area contributed by atoms with Gasteiger partial charge < -0.3 is 10.1 Å². The topological polar surface area (TPSA) is 75.7 Å². The van der Waals surface area contributed by atoms with Crippen LogP contribution in [0.1, 0.15) is 36.2 Å². The van der Waals surface area contributed by atoms with Gasteiger partial charge in [-0.2, -0.15) is 0 Å². The Morgan fingerprint density at radius 1 is 1.10 bits per heavy atom. The normalized spacial score (nSPS) is 15.1. The number of carbonyl (C=O) groups is 3. The number of nitrogens with zero attached hydrogens (tertiary/aromatic N) is 1. The Bertz CT molecular complexity index is 955. The third-order valence-corrected chi connectivity index (χ3v) is 5.58. The van der Waals surface area contributed by atoms with Gasteiger partial charge in [-0.15, -0.1) is 0 Å². The van der Waals surface area contributed by atoms with E-state index < -0.39 is 0 Å². The van der Waals surface area contributed by atoms with Gasteiger partial charge in [0.15, 0.2) is 0 Å². The molecule has 162 valence electrons. The summed E-state index contributed by atoms with van der Waals surface area (Å²) in [5.41, 5.74) is 1.35. The van der Waals surface area contributed by atoms with Crippen LogP contribution in [0, 0.1) is 5.92 Å². The highest BCUT2D eigenvalue weighted by atomic mass is 32.2. The molecule has 0 aliphatic carbocycles. The van der Waals surface area contributed by atoms with Gasteiger partial charge in [-0.3, -0.25) is 19.3 Å². The molecule has 0 spiro atoms. The van der Waals surface area contributed by atoms with Gasteiger partial charge in [-0.25, -0.2) is 0 Å². The smallest absolute Gasteiger partial charge is 0.293 e. The maximum atomic E-state index is 12.5. The van der Waals surface area contributed by atoms with Crippen LogP contribution in [0.25, 0.3) is 6.08 Å². The average Bonchev–Trinajstić information content (AvgIpc) is 3.02. The second-order valence-corrected chi connectivity index (χ2v) is 8.55. The lowest BCUT2D eigenvalue weighted by Crippen LogP contribution is -2.37. The molecule has 0 bridgehead atoms. The standard InChI is InChI=1S/C24H26N2O4S/c1-17(2)12-15-30-20-10-8-19(9-11-20)22(27)25-13-14-26-23(28)21(31-24(26)29)16-18-6-4-3-5-7-18/h3-11,16-17H,12-15H2,1-2H3,(H,25,27). The van der Waals surface area contributed by atoms with Gasteiger partial charge in [0.05, 0.1) is 11.5 Å². The SMILES string of the molecule is CC(C)CCOc1ccc(C(=O)NCCN2C(=O)SC(=Cc3ccccc3)C2=O)cc1. The molecule has 3 amide bonds. The Balaban J connectivity index is 1.48. The van der Waals surface area contributed by atoms with Crippen molar-refractivity contribution >= 4 is 34.9 Å². The van der Waals surface area contributed by atoms with Crippen LogP contribution in [0.3, 0.4) is 0 Å². The number of nitrogens with one attached hydrogen (secondary N) is 1. The van der Waals surface area contributed by atoms with E-state index in [0.29, 0.717) is 23.0 Å². The summed E-state index contributed by atoms with van der Waals surface area (Å²) in [6.07, 6.45) is 2.67. The van der Waals surface area contributed by atoms with Gasteiger partial charge in [0.1, 0.15) is 5.75 Å². The van der Waals surface area contributed by atoms with E-state index >= 15 is 0 Å². The van der Waals surface area contributed by atoms with E-state index in [4.69, 9.17) is 4.74 Å². The van der Waals surface area contributed by atoms with E-state index in [0.717, 1.165) is 34.4 Å². The van der Waals surface area contributed by atoms with E-state index in [1.807, 2.05) is 30.3 Å². The third kappa shape index (κ3) is 6.46. The average molecular weight is 439 g/mol. The van der Waals surface area contributed by atoms with E-state index in [-0.39, 0.29) is 30.1 Å². The summed E-state index contributed by atoms with van der Waals surface area (Å²) in [4.78, 5) is 38.6. The Kier molecular flexibility index (Phi) is 7.89. The van der Waals surface area contributed by atoms with Gasteiger partial charge in [0.25, 0.3) is 17.1 Å². The van der Waals surface area contributed by atoms with Crippen LogP contribution in [0.4, 0.5) is 4.79 Å².